The van der Waals surface area contributed by atoms with E-state index in [1.54, 1.807) is 0 Å². The first-order chi connectivity index (χ1) is 11.4. The van der Waals surface area contributed by atoms with Crippen molar-refractivity contribution in [2.45, 2.75) is 19.2 Å². The summed E-state index contributed by atoms with van der Waals surface area (Å²) in [6, 6.07) is 5.34. The second-order valence-electron chi connectivity index (χ2n) is 5.66. The molecule has 0 aromatic heterocycles. The number of halogens is 4. The minimum absolute atomic E-state index is 0. The summed E-state index contributed by atoms with van der Waals surface area (Å²) in [6.45, 7) is 5.60. The molecule has 2 N–H and O–H groups in total. The van der Waals surface area contributed by atoms with Gasteiger partial charge in [0, 0.05) is 32.7 Å². The van der Waals surface area contributed by atoms with Gasteiger partial charge in [-0.2, -0.15) is 0 Å². The maximum Gasteiger partial charge on any atom is 0.573 e. The third kappa shape index (κ3) is 8.94. The van der Waals surface area contributed by atoms with E-state index < -0.39 is 6.36 Å². The standard InChI is InChI=1S/C16H22F3N3O2.ClH/c17-16(18,19)24-14-4-2-13(3-5-14)12-15(23)21-6-1-9-22-10-7-20-8-11-22;/h2-5,20H,1,6-12H2,(H,21,23);1H. The summed E-state index contributed by atoms with van der Waals surface area (Å²) in [4.78, 5) is 14.2. The number of hydrogen-bond donors (Lipinski definition) is 2. The summed E-state index contributed by atoms with van der Waals surface area (Å²) in [5, 5.41) is 6.12. The molecule has 1 fully saturated rings. The van der Waals surface area contributed by atoms with Crippen molar-refractivity contribution in [3.05, 3.63) is 29.8 Å². The Morgan fingerprint density at radius 1 is 1.20 bits per heavy atom. The van der Waals surface area contributed by atoms with Gasteiger partial charge < -0.3 is 20.3 Å². The number of benzene rings is 1. The Balaban J connectivity index is 0.00000312. The summed E-state index contributed by atoms with van der Waals surface area (Å²) in [6.07, 6.45) is -3.69. The maximum absolute atomic E-state index is 12.1. The molecule has 1 aliphatic rings. The first-order valence-electron chi connectivity index (χ1n) is 7.97. The smallest absolute Gasteiger partial charge is 0.406 e. The van der Waals surface area contributed by atoms with Gasteiger partial charge in [-0.15, -0.1) is 25.6 Å². The number of carbonyl (C=O) groups is 1. The van der Waals surface area contributed by atoms with Crippen molar-refractivity contribution in [1.29, 1.82) is 0 Å². The van der Waals surface area contributed by atoms with Crippen LogP contribution in [0, 0.1) is 0 Å². The number of amides is 1. The molecule has 0 aliphatic carbocycles. The van der Waals surface area contributed by atoms with Crippen LogP contribution >= 0.6 is 12.4 Å². The number of ether oxygens (including phenoxy) is 1. The zero-order valence-corrected chi connectivity index (χ0v) is 14.6. The van der Waals surface area contributed by atoms with E-state index in [1.807, 2.05) is 0 Å². The molecule has 1 saturated heterocycles. The molecule has 1 aromatic rings. The van der Waals surface area contributed by atoms with Crippen molar-refractivity contribution in [2.75, 3.05) is 39.3 Å². The molecular weight excluding hydrogens is 359 g/mol. The van der Waals surface area contributed by atoms with E-state index in [0.29, 0.717) is 12.1 Å². The molecule has 9 heteroatoms. The average molecular weight is 382 g/mol. The van der Waals surface area contributed by atoms with Gasteiger partial charge in [0.2, 0.25) is 5.91 Å². The molecule has 0 atom stereocenters. The Kier molecular flexibility index (Phi) is 9.02. The highest BCUT2D eigenvalue weighted by Gasteiger charge is 2.30. The van der Waals surface area contributed by atoms with Crippen LogP contribution in [-0.4, -0.2) is 56.4 Å². The zero-order valence-electron chi connectivity index (χ0n) is 13.8. The quantitative estimate of drug-likeness (QED) is 0.709. The highest BCUT2D eigenvalue weighted by molar-refractivity contribution is 5.85. The first kappa shape index (κ1) is 21.5. The predicted molar refractivity (Wildman–Crippen MR) is 91.0 cm³/mol. The number of nitrogens with one attached hydrogen (secondary N) is 2. The first-order valence-corrected chi connectivity index (χ1v) is 7.97. The van der Waals surface area contributed by atoms with E-state index in [9.17, 15) is 18.0 Å². The summed E-state index contributed by atoms with van der Waals surface area (Å²) >= 11 is 0. The van der Waals surface area contributed by atoms with Gasteiger partial charge in [0.15, 0.2) is 0 Å². The van der Waals surface area contributed by atoms with Crippen LogP contribution in [0.15, 0.2) is 24.3 Å². The van der Waals surface area contributed by atoms with E-state index in [1.165, 1.54) is 24.3 Å². The highest BCUT2D eigenvalue weighted by atomic mass is 35.5. The minimum atomic E-state index is -4.71. The molecule has 0 radical (unpaired) electrons. The molecule has 1 heterocycles. The predicted octanol–water partition coefficient (Wildman–Crippen LogP) is 1.96. The molecule has 0 bridgehead atoms. The van der Waals surface area contributed by atoms with Crippen molar-refractivity contribution in [1.82, 2.24) is 15.5 Å². The number of nitrogens with zero attached hydrogens (tertiary/aromatic N) is 1. The lowest BCUT2D eigenvalue weighted by Crippen LogP contribution is -2.44. The van der Waals surface area contributed by atoms with Gasteiger partial charge in [-0.05, 0) is 30.7 Å². The lowest BCUT2D eigenvalue weighted by Gasteiger charge is -2.27. The molecular formula is C16H23ClF3N3O2. The largest absolute Gasteiger partial charge is 0.573 e. The Hall–Kier alpha value is -1.51. The van der Waals surface area contributed by atoms with Crippen LogP contribution in [0.1, 0.15) is 12.0 Å². The number of hydrogen-bond acceptors (Lipinski definition) is 4. The van der Waals surface area contributed by atoms with Gasteiger partial charge in [-0.25, -0.2) is 0 Å². The molecule has 0 saturated carbocycles. The minimum Gasteiger partial charge on any atom is -0.406 e. The second-order valence-corrected chi connectivity index (χ2v) is 5.66. The van der Waals surface area contributed by atoms with Crippen molar-refractivity contribution >= 4 is 18.3 Å². The Bertz CT molecular complexity index is 520. The number of rotatable bonds is 7. The van der Waals surface area contributed by atoms with Gasteiger partial charge in [-0.3, -0.25) is 4.79 Å². The zero-order chi connectivity index (χ0) is 17.4. The fraction of sp³-hybridized carbons (Fsp3) is 0.562. The molecule has 1 aliphatic heterocycles. The van der Waals surface area contributed by atoms with E-state index in [-0.39, 0.29) is 30.5 Å². The molecule has 0 spiro atoms. The van der Waals surface area contributed by atoms with Crippen LogP contribution in [0.5, 0.6) is 5.75 Å². The molecule has 1 aromatic carbocycles. The summed E-state index contributed by atoms with van der Waals surface area (Å²) in [7, 11) is 0. The van der Waals surface area contributed by atoms with E-state index >= 15 is 0 Å². The number of carbonyl (C=O) groups excluding carboxylic acids is 1. The monoisotopic (exact) mass is 381 g/mol. The Morgan fingerprint density at radius 3 is 2.44 bits per heavy atom. The van der Waals surface area contributed by atoms with Crippen LogP contribution in [0.4, 0.5) is 13.2 Å². The van der Waals surface area contributed by atoms with Crippen molar-refractivity contribution in [3.63, 3.8) is 0 Å². The summed E-state index contributed by atoms with van der Waals surface area (Å²) in [5.41, 5.74) is 0.643. The van der Waals surface area contributed by atoms with Crippen LogP contribution in [0.25, 0.3) is 0 Å². The van der Waals surface area contributed by atoms with Gasteiger partial charge in [0.25, 0.3) is 0 Å². The van der Waals surface area contributed by atoms with E-state index in [0.717, 1.165) is 39.1 Å². The summed E-state index contributed by atoms with van der Waals surface area (Å²) in [5.74, 6) is -0.428. The van der Waals surface area contributed by atoms with Gasteiger partial charge in [0.05, 0.1) is 6.42 Å². The van der Waals surface area contributed by atoms with Gasteiger partial charge >= 0.3 is 6.36 Å². The van der Waals surface area contributed by atoms with Crippen molar-refractivity contribution in [3.8, 4) is 5.75 Å². The molecule has 2 rings (SSSR count). The Morgan fingerprint density at radius 2 is 1.84 bits per heavy atom. The van der Waals surface area contributed by atoms with Crippen molar-refractivity contribution in [2.24, 2.45) is 0 Å². The van der Waals surface area contributed by atoms with Crippen LogP contribution < -0.4 is 15.4 Å². The number of alkyl halides is 3. The third-order valence-corrected chi connectivity index (χ3v) is 3.70. The van der Waals surface area contributed by atoms with E-state index in [2.05, 4.69) is 20.3 Å². The second kappa shape index (κ2) is 10.5. The average Bonchev–Trinajstić information content (AvgIpc) is 2.53. The lowest BCUT2D eigenvalue weighted by atomic mass is 10.1. The molecule has 0 unspecified atom stereocenters. The molecule has 25 heavy (non-hydrogen) atoms. The molecule has 142 valence electrons. The maximum atomic E-state index is 12.1. The fourth-order valence-corrected chi connectivity index (χ4v) is 2.52. The fourth-order valence-electron chi connectivity index (χ4n) is 2.52. The van der Waals surface area contributed by atoms with Crippen LogP contribution in [-0.2, 0) is 11.2 Å². The molecule has 1 amide bonds. The van der Waals surface area contributed by atoms with Crippen LogP contribution in [0.2, 0.25) is 0 Å². The normalized spacial score (nSPS) is 15.3. The van der Waals surface area contributed by atoms with E-state index in [4.69, 9.17) is 0 Å². The number of piperazine rings is 1. The lowest BCUT2D eigenvalue weighted by molar-refractivity contribution is -0.274. The van der Waals surface area contributed by atoms with Crippen LogP contribution in [0.3, 0.4) is 0 Å². The topological polar surface area (TPSA) is 53.6 Å². The third-order valence-electron chi connectivity index (χ3n) is 3.70. The SMILES string of the molecule is Cl.O=C(Cc1ccc(OC(F)(F)F)cc1)NCCCN1CCNCC1. The highest BCUT2D eigenvalue weighted by Crippen LogP contribution is 2.22. The van der Waals surface area contributed by atoms with Gasteiger partial charge in [0.1, 0.15) is 5.75 Å². The van der Waals surface area contributed by atoms with Crippen molar-refractivity contribution < 1.29 is 22.7 Å². The Labute approximate surface area is 151 Å². The van der Waals surface area contributed by atoms with Gasteiger partial charge in [-0.1, -0.05) is 12.1 Å². The summed E-state index contributed by atoms with van der Waals surface area (Å²) < 4.78 is 40.0. The molecule has 5 nitrogen and oxygen atoms in total.